The van der Waals surface area contributed by atoms with E-state index in [1.165, 1.54) is 44.3 Å². The molecule has 3 aromatic rings. The molecule has 5 nitrogen and oxygen atoms in total. The number of hydrogen-bond donors (Lipinski definition) is 1. The molecule has 0 aliphatic carbocycles. The molecule has 0 bridgehead atoms. The van der Waals surface area contributed by atoms with Crippen LogP contribution in [0.1, 0.15) is 58.6 Å². The summed E-state index contributed by atoms with van der Waals surface area (Å²) in [6.07, 6.45) is 9.13. The minimum atomic E-state index is -0.0426. The second-order valence-corrected chi connectivity index (χ2v) is 8.49. The fourth-order valence-electron chi connectivity index (χ4n) is 4.13. The summed E-state index contributed by atoms with van der Waals surface area (Å²) in [4.78, 5) is 19.3. The molecule has 5 heteroatoms. The number of aromatic nitrogens is 2. The summed E-state index contributed by atoms with van der Waals surface area (Å²) in [5.41, 5.74) is 4.31. The van der Waals surface area contributed by atoms with E-state index >= 15 is 0 Å². The van der Waals surface area contributed by atoms with Crippen molar-refractivity contribution in [1.29, 1.82) is 0 Å². The molecule has 1 aromatic heterocycles. The molecule has 0 radical (unpaired) electrons. The minimum Gasteiger partial charge on any atom is -0.348 e. The Bertz CT molecular complexity index is 967. The average molecular weight is 417 g/mol. The Morgan fingerprint density at radius 1 is 0.871 bits per heavy atom. The maximum Gasteiger partial charge on any atom is 0.251 e. The second-order valence-electron chi connectivity index (χ2n) is 8.49. The van der Waals surface area contributed by atoms with Gasteiger partial charge in [-0.15, -0.1) is 0 Å². The van der Waals surface area contributed by atoms with Gasteiger partial charge in [0.05, 0.1) is 0 Å². The van der Waals surface area contributed by atoms with Crippen molar-refractivity contribution >= 4 is 5.91 Å². The summed E-state index contributed by atoms with van der Waals surface area (Å²) in [5.74, 6) is 0.943. The first-order chi connectivity index (χ1) is 15.2. The highest BCUT2D eigenvalue weighted by Crippen LogP contribution is 2.14. The first-order valence-electron chi connectivity index (χ1n) is 11.3. The Kier molecular flexibility index (Phi) is 7.15. The van der Waals surface area contributed by atoms with Gasteiger partial charge in [0.1, 0.15) is 5.82 Å². The third-order valence-corrected chi connectivity index (χ3v) is 6.07. The maximum absolute atomic E-state index is 12.5. The van der Waals surface area contributed by atoms with Crippen molar-refractivity contribution in [2.45, 2.75) is 52.2 Å². The molecular formula is C26H32N4O. The van der Waals surface area contributed by atoms with E-state index in [1.807, 2.05) is 37.4 Å². The highest BCUT2D eigenvalue weighted by Gasteiger charge is 2.10. The molecule has 4 rings (SSSR count). The first-order valence-corrected chi connectivity index (χ1v) is 11.3. The summed E-state index contributed by atoms with van der Waals surface area (Å²) in [5, 5.41) is 3.03. The molecule has 162 valence electrons. The van der Waals surface area contributed by atoms with E-state index in [9.17, 15) is 4.79 Å². The van der Waals surface area contributed by atoms with Crippen molar-refractivity contribution in [3.05, 3.63) is 89.0 Å². The van der Waals surface area contributed by atoms with E-state index in [2.05, 4.69) is 44.0 Å². The Labute approximate surface area is 185 Å². The van der Waals surface area contributed by atoms with Crippen molar-refractivity contribution < 1.29 is 4.79 Å². The number of likely N-dealkylation sites (tertiary alicyclic amines) is 1. The third-order valence-electron chi connectivity index (χ3n) is 6.07. The molecule has 0 spiro atoms. The van der Waals surface area contributed by atoms with E-state index in [-0.39, 0.29) is 5.91 Å². The van der Waals surface area contributed by atoms with Crippen molar-refractivity contribution in [3.8, 4) is 0 Å². The summed E-state index contributed by atoms with van der Waals surface area (Å²) < 4.78 is 2.09. The largest absolute Gasteiger partial charge is 0.348 e. The van der Waals surface area contributed by atoms with Crippen LogP contribution in [0.3, 0.4) is 0 Å². The number of nitrogens with one attached hydrogen (secondary N) is 1. The Hall–Kier alpha value is -2.92. The second kappa shape index (κ2) is 10.4. The van der Waals surface area contributed by atoms with Crippen molar-refractivity contribution in [3.63, 3.8) is 0 Å². The SMILES string of the molecule is Cc1nccn1Cc1ccc(C(=O)NCc2ccc(CN3CCCCCC3)cc2)cc1. The van der Waals surface area contributed by atoms with Crippen LogP contribution < -0.4 is 5.32 Å². The van der Waals surface area contributed by atoms with Gasteiger partial charge >= 0.3 is 0 Å². The summed E-state index contributed by atoms with van der Waals surface area (Å²) >= 11 is 0. The van der Waals surface area contributed by atoms with Gasteiger partial charge in [-0.2, -0.15) is 0 Å². The van der Waals surface area contributed by atoms with Crippen molar-refractivity contribution in [2.24, 2.45) is 0 Å². The number of nitrogens with zero attached hydrogens (tertiary/aromatic N) is 3. The summed E-state index contributed by atoms with van der Waals surface area (Å²) in [7, 11) is 0. The van der Waals surface area contributed by atoms with Crippen LogP contribution in [-0.4, -0.2) is 33.4 Å². The number of amides is 1. The molecule has 0 saturated carbocycles. The Morgan fingerprint density at radius 3 is 2.13 bits per heavy atom. The smallest absolute Gasteiger partial charge is 0.251 e. The predicted molar refractivity (Wildman–Crippen MR) is 124 cm³/mol. The zero-order valence-electron chi connectivity index (χ0n) is 18.4. The molecule has 1 N–H and O–H groups in total. The van der Waals surface area contributed by atoms with E-state index < -0.39 is 0 Å². The molecule has 1 fully saturated rings. The van der Waals surface area contributed by atoms with Crippen LogP contribution in [0.5, 0.6) is 0 Å². The van der Waals surface area contributed by atoms with Crippen molar-refractivity contribution in [2.75, 3.05) is 13.1 Å². The van der Waals surface area contributed by atoms with Gasteiger partial charge in [-0.3, -0.25) is 9.69 Å². The van der Waals surface area contributed by atoms with Crippen LogP contribution in [-0.2, 0) is 19.6 Å². The van der Waals surface area contributed by atoms with E-state index in [1.54, 1.807) is 6.20 Å². The van der Waals surface area contributed by atoms with Gasteiger partial charge in [-0.05, 0) is 61.7 Å². The predicted octanol–water partition coefficient (Wildman–Crippen LogP) is 4.55. The van der Waals surface area contributed by atoms with Gasteiger partial charge in [0, 0.05) is 37.6 Å². The van der Waals surface area contributed by atoms with Gasteiger partial charge in [-0.25, -0.2) is 4.98 Å². The maximum atomic E-state index is 12.5. The van der Waals surface area contributed by atoms with Crippen LogP contribution in [0, 0.1) is 6.92 Å². The number of hydrogen-bond acceptors (Lipinski definition) is 3. The van der Waals surface area contributed by atoms with Crippen LogP contribution in [0.2, 0.25) is 0 Å². The molecular weight excluding hydrogens is 384 g/mol. The normalized spacial score (nSPS) is 14.9. The highest BCUT2D eigenvalue weighted by atomic mass is 16.1. The Morgan fingerprint density at radius 2 is 1.48 bits per heavy atom. The molecule has 0 atom stereocenters. The fourth-order valence-corrected chi connectivity index (χ4v) is 4.13. The number of carbonyl (C=O) groups is 1. The van der Waals surface area contributed by atoms with E-state index in [0.29, 0.717) is 12.1 Å². The first kappa shape index (κ1) is 21.3. The van der Waals surface area contributed by atoms with Gasteiger partial charge in [0.2, 0.25) is 0 Å². The topological polar surface area (TPSA) is 50.2 Å². The molecule has 1 amide bonds. The number of benzene rings is 2. The standard InChI is InChI=1S/C26H32N4O/c1-21-27-14-17-30(21)20-24-10-12-25(13-11-24)26(31)28-18-22-6-8-23(9-7-22)19-29-15-4-2-3-5-16-29/h6-14,17H,2-5,15-16,18-20H2,1H3,(H,28,31). The lowest BCUT2D eigenvalue weighted by molar-refractivity contribution is 0.0951. The lowest BCUT2D eigenvalue weighted by atomic mass is 10.1. The third kappa shape index (κ3) is 6.05. The van der Waals surface area contributed by atoms with E-state index in [0.717, 1.165) is 30.0 Å². The van der Waals surface area contributed by atoms with Gasteiger partial charge in [-0.1, -0.05) is 49.2 Å². The van der Waals surface area contributed by atoms with Crippen LogP contribution in [0.15, 0.2) is 60.9 Å². The molecule has 2 aromatic carbocycles. The van der Waals surface area contributed by atoms with Gasteiger partial charge < -0.3 is 9.88 Å². The molecule has 0 unspecified atom stereocenters. The number of rotatable bonds is 7. The molecule has 31 heavy (non-hydrogen) atoms. The van der Waals surface area contributed by atoms with Crippen LogP contribution in [0.4, 0.5) is 0 Å². The quantitative estimate of drug-likeness (QED) is 0.615. The van der Waals surface area contributed by atoms with Gasteiger partial charge in [0.25, 0.3) is 5.91 Å². The zero-order valence-corrected chi connectivity index (χ0v) is 18.4. The number of carbonyl (C=O) groups excluding carboxylic acids is 1. The van der Waals surface area contributed by atoms with Gasteiger partial charge in [0.15, 0.2) is 0 Å². The fraction of sp³-hybridized carbons (Fsp3) is 0.385. The monoisotopic (exact) mass is 416 g/mol. The molecule has 1 saturated heterocycles. The lowest BCUT2D eigenvalue weighted by Gasteiger charge is -2.19. The van der Waals surface area contributed by atoms with Crippen LogP contribution >= 0.6 is 0 Å². The zero-order chi connectivity index (χ0) is 21.5. The van der Waals surface area contributed by atoms with Crippen LogP contribution in [0.25, 0.3) is 0 Å². The molecule has 2 heterocycles. The van der Waals surface area contributed by atoms with Crippen molar-refractivity contribution in [1.82, 2.24) is 19.8 Å². The number of aryl methyl sites for hydroxylation is 1. The highest BCUT2D eigenvalue weighted by molar-refractivity contribution is 5.94. The lowest BCUT2D eigenvalue weighted by Crippen LogP contribution is -2.24. The molecule has 1 aliphatic heterocycles. The average Bonchev–Trinajstić information content (AvgIpc) is 3.03. The summed E-state index contributed by atoms with van der Waals surface area (Å²) in [6, 6.07) is 16.4. The van der Waals surface area contributed by atoms with E-state index in [4.69, 9.17) is 0 Å². The summed E-state index contributed by atoms with van der Waals surface area (Å²) in [6.45, 7) is 6.73. The minimum absolute atomic E-state index is 0.0426. The Balaban J connectivity index is 1.26. The molecule has 1 aliphatic rings. The number of imidazole rings is 1.